The lowest BCUT2D eigenvalue weighted by molar-refractivity contribution is -0.122. The fraction of sp³-hybridized carbons (Fsp3) is 0.409. The zero-order valence-electron chi connectivity index (χ0n) is 17.7. The molecule has 2 aromatic carbocycles. The third kappa shape index (κ3) is 8.25. The predicted molar refractivity (Wildman–Crippen MR) is 122 cm³/mol. The van der Waals surface area contributed by atoms with E-state index in [1.807, 2.05) is 43.5 Å². The Hall–Kier alpha value is -1.94. The van der Waals surface area contributed by atoms with Crippen LogP contribution in [-0.4, -0.2) is 45.5 Å². The molecule has 0 heterocycles. The van der Waals surface area contributed by atoms with Gasteiger partial charge >= 0.3 is 0 Å². The van der Waals surface area contributed by atoms with E-state index in [2.05, 4.69) is 10.0 Å². The Bertz CT molecular complexity index is 926. The molecule has 0 spiro atoms. The Kier molecular flexibility index (Phi) is 10.5. The number of halogens is 1. The van der Waals surface area contributed by atoms with Crippen molar-refractivity contribution in [2.24, 2.45) is 0 Å². The van der Waals surface area contributed by atoms with Crippen molar-refractivity contribution in [1.29, 1.82) is 0 Å². The fourth-order valence-electron chi connectivity index (χ4n) is 2.88. The molecule has 0 aliphatic rings. The Morgan fingerprint density at radius 1 is 1.13 bits per heavy atom. The van der Waals surface area contributed by atoms with Gasteiger partial charge in [-0.3, -0.25) is 4.79 Å². The lowest BCUT2D eigenvalue weighted by Gasteiger charge is -2.19. The van der Waals surface area contributed by atoms with Gasteiger partial charge in [-0.25, -0.2) is 12.8 Å². The highest BCUT2D eigenvalue weighted by molar-refractivity contribution is 7.98. The van der Waals surface area contributed by atoms with Gasteiger partial charge in [-0.15, -0.1) is 0 Å². The van der Waals surface area contributed by atoms with Crippen LogP contribution in [-0.2, 0) is 19.6 Å². The van der Waals surface area contributed by atoms with Crippen LogP contribution >= 0.6 is 11.8 Å². The summed E-state index contributed by atoms with van der Waals surface area (Å²) in [4.78, 5) is 12.1. The molecule has 0 radical (unpaired) electrons. The first-order valence-corrected chi connectivity index (χ1v) is 12.9. The third-order valence-electron chi connectivity index (χ3n) is 4.61. The van der Waals surface area contributed by atoms with Crippen LogP contribution in [0.5, 0.6) is 0 Å². The van der Waals surface area contributed by atoms with Crippen LogP contribution in [0.2, 0.25) is 0 Å². The van der Waals surface area contributed by atoms with Crippen molar-refractivity contribution in [1.82, 2.24) is 10.0 Å². The summed E-state index contributed by atoms with van der Waals surface area (Å²) in [6.45, 7) is 2.76. The summed E-state index contributed by atoms with van der Waals surface area (Å²) in [5.74, 6) is -0.718. The summed E-state index contributed by atoms with van der Waals surface area (Å²) < 4.78 is 47.2. The first-order chi connectivity index (χ1) is 14.8. The van der Waals surface area contributed by atoms with Crippen molar-refractivity contribution in [3.8, 4) is 0 Å². The van der Waals surface area contributed by atoms with Crippen LogP contribution in [0.4, 0.5) is 4.39 Å². The molecular weight excluding hydrogens is 439 g/mol. The van der Waals surface area contributed by atoms with E-state index in [1.165, 1.54) is 30.0 Å². The Balaban J connectivity index is 1.86. The molecule has 170 valence electrons. The second-order valence-corrected chi connectivity index (χ2v) is 9.62. The number of ether oxygens (including phenoxy) is 1. The number of amides is 1. The number of carbonyl (C=O) groups is 1. The number of thioether (sulfide) groups is 1. The minimum absolute atomic E-state index is 0.0567. The minimum Gasteiger partial charge on any atom is -0.374 e. The highest BCUT2D eigenvalue weighted by atomic mass is 32.2. The zero-order chi connectivity index (χ0) is 22.7. The summed E-state index contributed by atoms with van der Waals surface area (Å²) in [7, 11) is -4.16. The van der Waals surface area contributed by atoms with Crippen LogP contribution in [0.1, 0.15) is 31.4 Å². The van der Waals surface area contributed by atoms with Gasteiger partial charge in [0, 0.05) is 13.2 Å². The first kappa shape index (κ1) is 25.3. The molecule has 9 heteroatoms. The predicted octanol–water partition coefficient (Wildman–Crippen LogP) is 3.51. The van der Waals surface area contributed by atoms with Gasteiger partial charge in [0.1, 0.15) is 16.8 Å². The van der Waals surface area contributed by atoms with Crippen LogP contribution in [0.3, 0.4) is 0 Å². The van der Waals surface area contributed by atoms with Gasteiger partial charge in [0.15, 0.2) is 0 Å². The van der Waals surface area contributed by atoms with Crippen molar-refractivity contribution in [3.63, 3.8) is 0 Å². The molecule has 6 nitrogen and oxygen atoms in total. The molecule has 2 aromatic rings. The van der Waals surface area contributed by atoms with E-state index in [0.717, 1.165) is 11.6 Å². The van der Waals surface area contributed by atoms with Gasteiger partial charge in [-0.05, 0) is 49.5 Å². The van der Waals surface area contributed by atoms with Gasteiger partial charge in [0.2, 0.25) is 15.9 Å². The van der Waals surface area contributed by atoms with E-state index >= 15 is 0 Å². The van der Waals surface area contributed by atoms with E-state index in [-0.39, 0.29) is 6.10 Å². The smallest absolute Gasteiger partial charge is 0.244 e. The second kappa shape index (κ2) is 12.8. The molecule has 31 heavy (non-hydrogen) atoms. The number of rotatable bonds is 13. The maximum Gasteiger partial charge on any atom is 0.244 e. The van der Waals surface area contributed by atoms with Gasteiger partial charge in [0.25, 0.3) is 0 Å². The van der Waals surface area contributed by atoms with Crippen molar-refractivity contribution >= 4 is 27.7 Å². The molecule has 2 unspecified atom stereocenters. The lowest BCUT2D eigenvalue weighted by atomic mass is 10.1. The van der Waals surface area contributed by atoms with Crippen LogP contribution in [0.15, 0.2) is 59.5 Å². The summed E-state index contributed by atoms with van der Waals surface area (Å²) in [6, 6.07) is 13.9. The van der Waals surface area contributed by atoms with E-state index < -0.39 is 32.7 Å². The fourth-order valence-corrected chi connectivity index (χ4v) is 4.66. The minimum atomic E-state index is -4.16. The molecule has 1 amide bonds. The summed E-state index contributed by atoms with van der Waals surface area (Å²) >= 11 is 1.50. The van der Waals surface area contributed by atoms with Crippen LogP contribution in [0.25, 0.3) is 0 Å². The molecule has 0 bridgehead atoms. The Morgan fingerprint density at radius 2 is 1.81 bits per heavy atom. The largest absolute Gasteiger partial charge is 0.374 e. The summed E-state index contributed by atoms with van der Waals surface area (Å²) in [6.07, 6.45) is 2.69. The molecule has 2 N–H and O–H groups in total. The molecule has 0 aliphatic carbocycles. The molecule has 0 saturated heterocycles. The molecule has 0 saturated carbocycles. The highest BCUT2D eigenvalue weighted by Gasteiger charge is 2.27. The molecule has 2 rings (SSSR count). The first-order valence-electron chi connectivity index (χ1n) is 10.0. The summed E-state index contributed by atoms with van der Waals surface area (Å²) in [5, 5.41) is 2.74. The second-order valence-electron chi connectivity index (χ2n) is 6.95. The number of hydrogen-bond acceptors (Lipinski definition) is 5. The monoisotopic (exact) mass is 468 g/mol. The Labute approximate surface area is 188 Å². The van der Waals surface area contributed by atoms with Crippen molar-refractivity contribution in [3.05, 3.63) is 66.0 Å². The van der Waals surface area contributed by atoms with E-state index in [0.29, 0.717) is 31.7 Å². The SMILES string of the molecule is CSCCC(NS(=O)(=O)c1ccccc1F)C(=O)NCCCOC(C)c1ccccc1. The Morgan fingerprint density at radius 3 is 2.48 bits per heavy atom. The van der Waals surface area contributed by atoms with Crippen molar-refractivity contribution < 1.29 is 22.3 Å². The van der Waals surface area contributed by atoms with E-state index in [4.69, 9.17) is 4.74 Å². The van der Waals surface area contributed by atoms with Crippen LogP contribution in [0, 0.1) is 5.82 Å². The normalized spacial score (nSPS) is 13.5. The topological polar surface area (TPSA) is 84.5 Å². The molecule has 0 fully saturated rings. The summed E-state index contributed by atoms with van der Waals surface area (Å²) in [5.41, 5.74) is 1.08. The number of sulfonamides is 1. The standard InChI is InChI=1S/C22H29FN2O4S2/c1-17(18-9-4-3-5-10-18)29-15-8-14-24-22(26)20(13-16-30-2)25-31(27,28)21-12-7-6-11-19(21)23/h3-7,9-12,17,20,25H,8,13-16H2,1-2H3,(H,24,26). The maximum absolute atomic E-state index is 13.9. The average Bonchev–Trinajstić information content (AvgIpc) is 2.76. The molecular formula is C22H29FN2O4S2. The van der Waals surface area contributed by atoms with Gasteiger partial charge in [0.05, 0.1) is 6.10 Å². The highest BCUT2D eigenvalue weighted by Crippen LogP contribution is 2.16. The molecule has 2 atom stereocenters. The van der Waals surface area contributed by atoms with Gasteiger partial charge in [-0.1, -0.05) is 42.5 Å². The van der Waals surface area contributed by atoms with Crippen molar-refractivity contribution in [2.75, 3.05) is 25.2 Å². The quantitative estimate of drug-likeness (QED) is 0.440. The number of benzene rings is 2. The zero-order valence-corrected chi connectivity index (χ0v) is 19.3. The number of hydrogen-bond donors (Lipinski definition) is 2. The average molecular weight is 469 g/mol. The molecule has 0 aromatic heterocycles. The van der Waals surface area contributed by atoms with E-state index in [1.54, 1.807) is 0 Å². The lowest BCUT2D eigenvalue weighted by Crippen LogP contribution is -2.47. The molecule has 0 aliphatic heterocycles. The third-order valence-corrected chi connectivity index (χ3v) is 6.76. The maximum atomic E-state index is 13.9. The van der Waals surface area contributed by atoms with Crippen molar-refractivity contribution in [2.45, 2.75) is 36.8 Å². The number of carbonyl (C=O) groups excluding carboxylic acids is 1. The van der Waals surface area contributed by atoms with Gasteiger partial charge in [-0.2, -0.15) is 16.5 Å². The number of nitrogens with one attached hydrogen (secondary N) is 2. The van der Waals surface area contributed by atoms with E-state index in [9.17, 15) is 17.6 Å². The van der Waals surface area contributed by atoms with Crippen LogP contribution < -0.4 is 10.0 Å². The van der Waals surface area contributed by atoms with Gasteiger partial charge < -0.3 is 10.1 Å².